The van der Waals surface area contributed by atoms with Gasteiger partial charge in [0.1, 0.15) is 23.2 Å². The van der Waals surface area contributed by atoms with Crippen molar-refractivity contribution in [1.29, 1.82) is 0 Å². The smallest absolute Gasteiger partial charge is 0.134 e. The number of nitrogens with one attached hydrogen (secondary N) is 1. The fraction of sp³-hybridized carbons (Fsp3) is 0.267. The molecule has 3 rings (SSSR count). The van der Waals surface area contributed by atoms with Gasteiger partial charge in [0, 0.05) is 10.8 Å². The second-order valence-electron chi connectivity index (χ2n) is 4.63. The van der Waals surface area contributed by atoms with Gasteiger partial charge in [-0.05, 0) is 37.2 Å². The molecule has 0 fully saturated rings. The first kappa shape index (κ1) is 13.3. The molecule has 1 atom stereocenters. The maximum absolute atomic E-state index is 13.3. The zero-order valence-electron chi connectivity index (χ0n) is 11.1. The molecule has 0 aliphatic heterocycles. The summed E-state index contributed by atoms with van der Waals surface area (Å²) in [5.74, 6) is 0.515. The first-order chi connectivity index (χ1) is 9.78. The van der Waals surface area contributed by atoms with E-state index in [1.165, 1.54) is 12.1 Å². The van der Waals surface area contributed by atoms with Crippen LogP contribution in [0.3, 0.4) is 0 Å². The lowest BCUT2D eigenvalue weighted by Gasteiger charge is -2.13. The molecule has 1 N–H and O–H groups in total. The molecule has 5 heteroatoms. The summed E-state index contributed by atoms with van der Waals surface area (Å²) in [6.07, 6.45) is 1.02. The Morgan fingerprint density at radius 3 is 3.05 bits per heavy atom. The van der Waals surface area contributed by atoms with Crippen molar-refractivity contribution in [2.24, 2.45) is 0 Å². The number of hydrogen-bond donors (Lipinski definition) is 1. The molecule has 104 valence electrons. The highest BCUT2D eigenvalue weighted by molar-refractivity contribution is 7.07. The minimum atomic E-state index is -0.253. The fourth-order valence-corrected chi connectivity index (χ4v) is 2.76. The number of halogens is 1. The van der Waals surface area contributed by atoms with Crippen LogP contribution in [0.25, 0.3) is 11.0 Å². The third-order valence-electron chi connectivity index (χ3n) is 3.13. The van der Waals surface area contributed by atoms with E-state index in [2.05, 4.69) is 17.2 Å². The van der Waals surface area contributed by atoms with Crippen LogP contribution in [-0.2, 0) is 0 Å². The van der Waals surface area contributed by atoms with Crippen LogP contribution in [0.15, 0.2) is 39.6 Å². The first-order valence-corrected chi connectivity index (χ1v) is 7.52. The highest BCUT2D eigenvalue weighted by Crippen LogP contribution is 2.28. The van der Waals surface area contributed by atoms with Crippen LogP contribution >= 0.6 is 11.3 Å². The Bertz CT molecular complexity index is 693. The molecular weight excluding hydrogens is 275 g/mol. The summed E-state index contributed by atoms with van der Waals surface area (Å²) in [5.41, 5.74) is 3.43. The fourth-order valence-electron chi connectivity index (χ4n) is 2.18. The molecule has 0 saturated carbocycles. The van der Waals surface area contributed by atoms with Crippen LogP contribution in [0.2, 0.25) is 0 Å². The summed E-state index contributed by atoms with van der Waals surface area (Å²) in [6, 6.07) is 6.35. The van der Waals surface area contributed by atoms with Crippen LogP contribution in [0, 0.1) is 5.82 Å². The van der Waals surface area contributed by atoms with Gasteiger partial charge in [-0.2, -0.15) is 0 Å². The minimum Gasteiger partial charge on any atom is -0.459 e. The van der Waals surface area contributed by atoms with E-state index in [4.69, 9.17) is 4.42 Å². The van der Waals surface area contributed by atoms with E-state index >= 15 is 0 Å². The Labute approximate surface area is 120 Å². The molecule has 0 aliphatic carbocycles. The molecule has 0 amide bonds. The van der Waals surface area contributed by atoms with Crippen molar-refractivity contribution in [3.8, 4) is 0 Å². The molecule has 0 bridgehead atoms. The minimum absolute atomic E-state index is 0.0864. The lowest BCUT2D eigenvalue weighted by molar-refractivity contribution is 0.464. The second-order valence-corrected chi connectivity index (χ2v) is 5.35. The molecule has 0 radical (unpaired) electrons. The summed E-state index contributed by atoms with van der Waals surface area (Å²) >= 11 is 1.55. The van der Waals surface area contributed by atoms with E-state index in [0.29, 0.717) is 5.58 Å². The van der Waals surface area contributed by atoms with Gasteiger partial charge in [-0.3, -0.25) is 0 Å². The number of fused-ring (bicyclic) bond motifs is 1. The third-order valence-corrected chi connectivity index (χ3v) is 3.73. The number of furan rings is 1. The quantitative estimate of drug-likeness (QED) is 0.768. The molecule has 0 spiro atoms. The van der Waals surface area contributed by atoms with Crippen LogP contribution in [0.4, 0.5) is 4.39 Å². The summed E-state index contributed by atoms with van der Waals surface area (Å²) in [7, 11) is 0. The van der Waals surface area contributed by atoms with Crippen molar-refractivity contribution in [3.05, 3.63) is 52.4 Å². The van der Waals surface area contributed by atoms with Crippen molar-refractivity contribution in [3.63, 3.8) is 0 Å². The highest BCUT2D eigenvalue weighted by atomic mass is 32.1. The molecule has 0 aliphatic rings. The number of hydrogen-bond acceptors (Lipinski definition) is 4. The number of aromatic nitrogens is 1. The molecule has 2 heterocycles. The van der Waals surface area contributed by atoms with E-state index in [-0.39, 0.29) is 11.9 Å². The Balaban J connectivity index is 1.99. The monoisotopic (exact) mass is 290 g/mol. The zero-order chi connectivity index (χ0) is 13.9. The molecule has 3 aromatic rings. The Morgan fingerprint density at radius 1 is 1.40 bits per heavy atom. The number of rotatable bonds is 5. The van der Waals surface area contributed by atoms with Gasteiger partial charge < -0.3 is 9.73 Å². The van der Waals surface area contributed by atoms with Crippen LogP contribution < -0.4 is 5.32 Å². The van der Waals surface area contributed by atoms with Gasteiger partial charge >= 0.3 is 0 Å². The molecule has 2 aromatic heterocycles. The van der Waals surface area contributed by atoms with Gasteiger partial charge in [-0.25, -0.2) is 9.37 Å². The van der Waals surface area contributed by atoms with Crippen molar-refractivity contribution >= 4 is 22.3 Å². The van der Waals surface area contributed by atoms with E-state index < -0.39 is 0 Å². The number of thiazole rings is 1. The van der Waals surface area contributed by atoms with Gasteiger partial charge in [0.25, 0.3) is 0 Å². The highest BCUT2D eigenvalue weighted by Gasteiger charge is 2.19. The summed E-state index contributed by atoms with van der Waals surface area (Å²) in [6.45, 7) is 2.98. The van der Waals surface area contributed by atoms with Gasteiger partial charge in [0.05, 0.1) is 11.2 Å². The third kappa shape index (κ3) is 2.59. The molecule has 1 aromatic carbocycles. The van der Waals surface area contributed by atoms with Gasteiger partial charge in [0.15, 0.2) is 0 Å². The molecular formula is C15H15FN2OS. The largest absolute Gasteiger partial charge is 0.459 e. The average molecular weight is 290 g/mol. The van der Waals surface area contributed by atoms with Gasteiger partial charge in [-0.15, -0.1) is 11.3 Å². The van der Waals surface area contributed by atoms with Crippen molar-refractivity contribution in [2.75, 3.05) is 6.54 Å². The van der Waals surface area contributed by atoms with E-state index in [1.54, 1.807) is 22.9 Å². The topological polar surface area (TPSA) is 38.1 Å². The zero-order valence-corrected chi connectivity index (χ0v) is 11.9. The predicted octanol–water partition coefficient (Wildman–Crippen LogP) is 4.12. The number of benzene rings is 1. The van der Waals surface area contributed by atoms with Crippen LogP contribution in [-0.4, -0.2) is 11.5 Å². The summed E-state index contributed by atoms with van der Waals surface area (Å²) < 4.78 is 19.1. The van der Waals surface area contributed by atoms with Crippen LogP contribution in [0.5, 0.6) is 0 Å². The molecule has 1 unspecified atom stereocenters. The Kier molecular flexibility index (Phi) is 3.80. The number of nitrogens with zero attached hydrogens (tertiary/aromatic N) is 1. The van der Waals surface area contributed by atoms with E-state index in [1.807, 2.05) is 11.4 Å². The van der Waals surface area contributed by atoms with Crippen molar-refractivity contribution in [1.82, 2.24) is 10.3 Å². The maximum Gasteiger partial charge on any atom is 0.134 e. The summed E-state index contributed by atoms with van der Waals surface area (Å²) in [4.78, 5) is 4.36. The van der Waals surface area contributed by atoms with Gasteiger partial charge in [0.2, 0.25) is 0 Å². The lowest BCUT2D eigenvalue weighted by atomic mass is 10.1. The Morgan fingerprint density at radius 2 is 2.30 bits per heavy atom. The average Bonchev–Trinajstić information content (AvgIpc) is 3.08. The Hall–Kier alpha value is -1.72. The standard InChI is InChI=1S/C15H15FN2OS/c1-2-5-17-15(12-8-20-9-18-12)14-7-10-6-11(16)3-4-13(10)19-14/h3-4,6-9,15,17H,2,5H2,1H3. The predicted molar refractivity (Wildman–Crippen MR) is 78.4 cm³/mol. The lowest BCUT2D eigenvalue weighted by Crippen LogP contribution is -2.22. The normalized spacial score (nSPS) is 12.9. The first-order valence-electron chi connectivity index (χ1n) is 6.58. The van der Waals surface area contributed by atoms with Gasteiger partial charge in [-0.1, -0.05) is 6.92 Å². The molecule has 3 nitrogen and oxygen atoms in total. The molecule has 0 saturated heterocycles. The second kappa shape index (κ2) is 5.73. The van der Waals surface area contributed by atoms with Crippen molar-refractivity contribution < 1.29 is 8.81 Å². The van der Waals surface area contributed by atoms with Crippen molar-refractivity contribution in [2.45, 2.75) is 19.4 Å². The summed E-state index contributed by atoms with van der Waals surface area (Å²) in [5, 5.41) is 6.20. The molecule has 20 heavy (non-hydrogen) atoms. The SMILES string of the molecule is CCCNC(c1cscn1)c1cc2cc(F)ccc2o1. The van der Waals surface area contributed by atoms with Crippen LogP contribution in [0.1, 0.15) is 30.8 Å². The van der Waals surface area contributed by atoms with E-state index in [0.717, 1.165) is 29.8 Å². The maximum atomic E-state index is 13.3. The van der Waals surface area contributed by atoms with E-state index in [9.17, 15) is 4.39 Å².